The van der Waals surface area contributed by atoms with Crippen LogP contribution in [0.4, 0.5) is 4.79 Å². The zero-order valence-corrected chi connectivity index (χ0v) is 15.8. The minimum Gasteiger partial charge on any atom is -0.459 e. The molecule has 0 aliphatic carbocycles. The highest BCUT2D eigenvalue weighted by molar-refractivity contribution is 9.10. The van der Waals surface area contributed by atoms with Crippen LogP contribution in [0.5, 0.6) is 0 Å². The highest BCUT2D eigenvalue weighted by Crippen LogP contribution is 2.13. The Hall–Kier alpha value is -1.56. The Kier molecular flexibility index (Phi) is 7.06. The van der Waals surface area contributed by atoms with Crippen LogP contribution in [0, 0.1) is 5.92 Å². The number of nitrogens with one attached hydrogen (secondary N) is 1. The zero-order chi connectivity index (χ0) is 17.6. The second kappa shape index (κ2) is 8.34. The number of ether oxygens (including phenoxy) is 2. The van der Waals surface area contributed by atoms with Gasteiger partial charge in [-0.05, 0) is 44.4 Å². The Morgan fingerprint density at radius 1 is 1.17 bits per heavy atom. The van der Waals surface area contributed by atoms with Crippen molar-refractivity contribution in [2.45, 2.75) is 52.9 Å². The van der Waals surface area contributed by atoms with Gasteiger partial charge in [-0.15, -0.1) is 0 Å². The highest BCUT2D eigenvalue weighted by Gasteiger charge is 2.28. The van der Waals surface area contributed by atoms with Crippen molar-refractivity contribution in [3.63, 3.8) is 0 Å². The van der Waals surface area contributed by atoms with Crippen LogP contribution in [0.3, 0.4) is 0 Å². The number of esters is 1. The molecule has 23 heavy (non-hydrogen) atoms. The van der Waals surface area contributed by atoms with Gasteiger partial charge in [0.15, 0.2) is 0 Å². The van der Waals surface area contributed by atoms with Crippen molar-refractivity contribution in [2.24, 2.45) is 5.92 Å². The highest BCUT2D eigenvalue weighted by atomic mass is 79.9. The largest absolute Gasteiger partial charge is 0.459 e. The number of carbonyl (C=O) groups excluding carboxylic acids is 2. The summed E-state index contributed by atoms with van der Waals surface area (Å²) in [5, 5.41) is 2.57. The Labute approximate surface area is 145 Å². The normalized spacial score (nSPS) is 12.7. The minimum atomic E-state index is -0.750. The van der Waals surface area contributed by atoms with Gasteiger partial charge >= 0.3 is 12.1 Å². The molecular weight excluding hydrogens is 362 g/mol. The molecule has 0 bridgehead atoms. The molecule has 1 atom stereocenters. The van der Waals surface area contributed by atoms with Gasteiger partial charge in [-0.3, -0.25) is 0 Å². The molecule has 0 fully saturated rings. The first-order valence-electron chi connectivity index (χ1n) is 7.49. The van der Waals surface area contributed by atoms with Crippen LogP contribution in [0.1, 0.15) is 40.2 Å². The quantitative estimate of drug-likeness (QED) is 0.776. The predicted molar refractivity (Wildman–Crippen MR) is 91.9 cm³/mol. The zero-order valence-electron chi connectivity index (χ0n) is 14.2. The van der Waals surface area contributed by atoms with Crippen molar-refractivity contribution >= 4 is 28.0 Å². The molecule has 1 amide bonds. The van der Waals surface area contributed by atoms with Crippen molar-refractivity contribution in [3.05, 3.63) is 34.3 Å². The number of hydrogen-bond acceptors (Lipinski definition) is 4. The van der Waals surface area contributed by atoms with E-state index in [1.54, 1.807) is 20.8 Å². The van der Waals surface area contributed by atoms with Crippen LogP contribution in [-0.4, -0.2) is 23.7 Å². The van der Waals surface area contributed by atoms with Crippen molar-refractivity contribution < 1.29 is 19.1 Å². The van der Waals surface area contributed by atoms with Crippen molar-refractivity contribution in [2.75, 3.05) is 0 Å². The van der Waals surface area contributed by atoms with E-state index in [-0.39, 0.29) is 12.5 Å². The van der Waals surface area contributed by atoms with E-state index >= 15 is 0 Å². The molecule has 0 saturated carbocycles. The van der Waals surface area contributed by atoms with E-state index in [1.165, 1.54) is 0 Å². The van der Waals surface area contributed by atoms with Gasteiger partial charge in [0.2, 0.25) is 0 Å². The summed E-state index contributed by atoms with van der Waals surface area (Å²) in [6.45, 7) is 9.13. The molecule has 0 heterocycles. The van der Waals surface area contributed by atoms with Gasteiger partial charge in [-0.2, -0.15) is 0 Å². The van der Waals surface area contributed by atoms with Crippen LogP contribution < -0.4 is 5.32 Å². The van der Waals surface area contributed by atoms with Crippen molar-refractivity contribution in [1.29, 1.82) is 0 Å². The molecule has 0 radical (unpaired) electrons. The molecular formula is C17H24BrNO4. The minimum absolute atomic E-state index is 0.111. The van der Waals surface area contributed by atoms with E-state index in [1.807, 2.05) is 38.1 Å². The Morgan fingerprint density at radius 2 is 1.74 bits per heavy atom. The summed E-state index contributed by atoms with van der Waals surface area (Å²) < 4.78 is 11.4. The number of benzene rings is 1. The smallest absolute Gasteiger partial charge is 0.408 e. The maximum atomic E-state index is 12.2. The van der Waals surface area contributed by atoms with Crippen LogP contribution in [0.25, 0.3) is 0 Å². The van der Waals surface area contributed by atoms with Crippen molar-refractivity contribution in [3.8, 4) is 0 Å². The first kappa shape index (κ1) is 19.5. The molecule has 5 nitrogen and oxygen atoms in total. The summed E-state index contributed by atoms with van der Waals surface area (Å²) in [6.07, 6.45) is -0.628. The molecule has 128 valence electrons. The van der Waals surface area contributed by atoms with Gasteiger partial charge in [-0.25, -0.2) is 9.59 Å². The van der Waals surface area contributed by atoms with E-state index in [2.05, 4.69) is 21.2 Å². The summed E-state index contributed by atoms with van der Waals surface area (Å²) in [7, 11) is 0. The third-order valence-corrected chi connectivity index (χ3v) is 3.42. The third-order valence-electron chi connectivity index (χ3n) is 2.89. The topological polar surface area (TPSA) is 64.6 Å². The number of amides is 1. The molecule has 0 saturated heterocycles. The van der Waals surface area contributed by atoms with Gasteiger partial charge in [0.1, 0.15) is 18.2 Å². The fraction of sp³-hybridized carbons (Fsp3) is 0.529. The fourth-order valence-electron chi connectivity index (χ4n) is 1.76. The molecule has 0 aromatic heterocycles. The maximum absolute atomic E-state index is 12.2. The number of hydrogen-bond donors (Lipinski definition) is 1. The Bertz CT molecular complexity index is 535. The van der Waals surface area contributed by atoms with Crippen LogP contribution in [-0.2, 0) is 20.9 Å². The van der Waals surface area contributed by atoms with E-state index in [9.17, 15) is 9.59 Å². The molecule has 1 N–H and O–H groups in total. The molecule has 0 aliphatic heterocycles. The summed E-state index contributed by atoms with van der Waals surface area (Å²) in [5.74, 6) is -0.589. The second-order valence-corrected chi connectivity index (χ2v) is 7.52. The third kappa shape index (κ3) is 7.50. The summed E-state index contributed by atoms with van der Waals surface area (Å²) in [5.41, 5.74) is 0.258. The number of carbonyl (C=O) groups is 2. The van der Waals surface area contributed by atoms with E-state index in [0.717, 1.165) is 10.0 Å². The lowest BCUT2D eigenvalue weighted by molar-refractivity contribution is -0.148. The predicted octanol–water partition coefficient (Wildman–Crippen LogP) is 4.04. The Morgan fingerprint density at radius 3 is 2.22 bits per heavy atom. The fourth-order valence-corrected chi connectivity index (χ4v) is 2.02. The van der Waals surface area contributed by atoms with E-state index in [4.69, 9.17) is 9.47 Å². The van der Waals surface area contributed by atoms with Crippen molar-refractivity contribution in [1.82, 2.24) is 5.32 Å². The molecule has 0 spiro atoms. The number of rotatable bonds is 5. The average Bonchev–Trinajstić information content (AvgIpc) is 2.41. The molecule has 1 rings (SSSR count). The summed E-state index contributed by atoms with van der Waals surface area (Å²) in [4.78, 5) is 24.1. The van der Waals surface area contributed by atoms with Gasteiger partial charge < -0.3 is 14.8 Å². The summed E-state index contributed by atoms with van der Waals surface area (Å²) >= 11 is 3.35. The van der Waals surface area contributed by atoms with Crippen LogP contribution in [0.2, 0.25) is 0 Å². The first-order chi connectivity index (χ1) is 10.6. The maximum Gasteiger partial charge on any atom is 0.408 e. The SMILES string of the molecule is CC(C)[C@H](NC(=O)OC(C)(C)C)C(=O)OCc1ccc(Br)cc1. The lowest BCUT2D eigenvalue weighted by Crippen LogP contribution is -2.47. The van der Waals surface area contributed by atoms with Gasteiger partial charge in [0, 0.05) is 4.47 Å². The number of halogens is 1. The standard InChI is InChI=1S/C17H24BrNO4/c1-11(2)14(19-16(21)23-17(3,4)5)15(20)22-10-12-6-8-13(18)9-7-12/h6-9,11,14H,10H2,1-5H3,(H,19,21)/t14-/m0/s1. The van der Waals surface area contributed by atoms with E-state index < -0.39 is 23.7 Å². The molecule has 1 aromatic carbocycles. The first-order valence-corrected chi connectivity index (χ1v) is 8.28. The van der Waals surface area contributed by atoms with Gasteiger partial charge in [-0.1, -0.05) is 41.9 Å². The molecule has 0 unspecified atom stereocenters. The monoisotopic (exact) mass is 385 g/mol. The summed E-state index contributed by atoms with van der Waals surface area (Å²) in [6, 6.07) is 6.73. The van der Waals surface area contributed by atoms with Crippen LogP contribution >= 0.6 is 15.9 Å². The molecule has 1 aromatic rings. The molecule has 6 heteroatoms. The average molecular weight is 386 g/mol. The molecule has 0 aliphatic rings. The lowest BCUT2D eigenvalue weighted by Gasteiger charge is -2.24. The second-order valence-electron chi connectivity index (χ2n) is 6.60. The van der Waals surface area contributed by atoms with Gasteiger partial charge in [0.05, 0.1) is 0 Å². The van der Waals surface area contributed by atoms with E-state index in [0.29, 0.717) is 0 Å². The lowest BCUT2D eigenvalue weighted by atomic mass is 10.1. The van der Waals surface area contributed by atoms with Gasteiger partial charge in [0.25, 0.3) is 0 Å². The Balaban J connectivity index is 2.60. The number of alkyl carbamates (subject to hydrolysis) is 1. The van der Waals surface area contributed by atoms with Crippen LogP contribution in [0.15, 0.2) is 28.7 Å².